The molecule has 0 fully saturated rings. The van der Waals surface area contributed by atoms with Gasteiger partial charge in [0, 0.05) is 10.6 Å². The van der Waals surface area contributed by atoms with Crippen molar-refractivity contribution in [1.82, 2.24) is 0 Å². The molecule has 0 spiro atoms. The first-order valence-corrected chi connectivity index (χ1v) is 8.60. The molecular formula is C19H23NOS. The van der Waals surface area contributed by atoms with Gasteiger partial charge in [0.1, 0.15) is 0 Å². The molecule has 22 heavy (non-hydrogen) atoms. The van der Waals surface area contributed by atoms with Crippen LogP contribution in [-0.4, -0.2) is 11.2 Å². The lowest BCUT2D eigenvalue weighted by molar-refractivity contribution is -0.115. The van der Waals surface area contributed by atoms with Gasteiger partial charge in [-0.2, -0.15) is 0 Å². The second kappa shape index (κ2) is 8.04. The molecule has 0 aliphatic carbocycles. The van der Waals surface area contributed by atoms with Gasteiger partial charge in [-0.3, -0.25) is 4.79 Å². The van der Waals surface area contributed by atoms with Crippen LogP contribution in [0.15, 0.2) is 59.5 Å². The third-order valence-corrected chi connectivity index (χ3v) is 4.91. The fourth-order valence-electron chi connectivity index (χ4n) is 2.16. The number of amides is 1. The van der Waals surface area contributed by atoms with Gasteiger partial charge in [-0.05, 0) is 42.2 Å². The maximum Gasteiger partial charge on any atom is 0.237 e. The zero-order valence-electron chi connectivity index (χ0n) is 13.4. The minimum absolute atomic E-state index is 0.0636. The van der Waals surface area contributed by atoms with Crippen molar-refractivity contribution in [2.24, 2.45) is 0 Å². The van der Waals surface area contributed by atoms with Crippen molar-refractivity contribution in [1.29, 1.82) is 0 Å². The van der Waals surface area contributed by atoms with Gasteiger partial charge >= 0.3 is 0 Å². The van der Waals surface area contributed by atoms with Gasteiger partial charge < -0.3 is 5.32 Å². The van der Waals surface area contributed by atoms with E-state index in [1.165, 1.54) is 5.56 Å². The molecular weight excluding hydrogens is 290 g/mol. The van der Waals surface area contributed by atoms with Crippen molar-refractivity contribution in [2.75, 3.05) is 5.32 Å². The summed E-state index contributed by atoms with van der Waals surface area (Å²) in [4.78, 5) is 13.6. The molecule has 0 saturated heterocycles. The minimum atomic E-state index is -0.0767. The van der Waals surface area contributed by atoms with Crippen LogP contribution in [0.25, 0.3) is 0 Å². The summed E-state index contributed by atoms with van der Waals surface area (Å²) in [6.45, 7) is 6.37. The molecule has 0 saturated carbocycles. The topological polar surface area (TPSA) is 29.1 Å². The molecule has 2 aromatic rings. The fourth-order valence-corrected chi connectivity index (χ4v) is 3.14. The number of nitrogens with one attached hydrogen (secondary N) is 1. The second-order valence-corrected chi connectivity index (χ2v) is 6.87. The van der Waals surface area contributed by atoms with E-state index in [0.717, 1.165) is 17.0 Å². The lowest BCUT2D eigenvalue weighted by atomic mass is 10.0. The summed E-state index contributed by atoms with van der Waals surface area (Å²) in [7, 11) is 0. The number of hydrogen-bond donors (Lipinski definition) is 1. The molecule has 2 rings (SSSR count). The van der Waals surface area contributed by atoms with E-state index in [1.54, 1.807) is 11.8 Å². The highest BCUT2D eigenvalue weighted by Crippen LogP contribution is 2.26. The summed E-state index contributed by atoms with van der Waals surface area (Å²) in [5.41, 5.74) is 2.14. The van der Waals surface area contributed by atoms with E-state index in [-0.39, 0.29) is 11.2 Å². The Morgan fingerprint density at radius 3 is 2.23 bits per heavy atom. The predicted octanol–water partition coefficient (Wildman–Crippen LogP) is 5.32. The van der Waals surface area contributed by atoms with Crippen molar-refractivity contribution < 1.29 is 4.79 Å². The quantitative estimate of drug-likeness (QED) is 0.731. The SMILES string of the molecule is CCC(Sc1ccccc1)C(=O)Nc1ccc(C(C)C)cc1. The van der Waals surface area contributed by atoms with E-state index < -0.39 is 0 Å². The molecule has 0 heterocycles. The molecule has 0 bridgehead atoms. The first kappa shape index (κ1) is 16.6. The van der Waals surface area contributed by atoms with E-state index >= 15 is 0 Å². The third kappa shape index (κ3) is 4.63. The summed E-state index contributed by atoms with van der Waals surface area (Å²) in [6.07, 6.45) is 0.801. The Bertz CT molecular complexity index is 593. The molecule has 1 N–H and O–H groups in total. The maximum absolute atomic E-state index is 12.4. The Labute approximate surface area is 137 Å². The number of carbonyl (C=O) groups is 1. The Morgan fingerprint density at radius 2 is 1.68 bits per heavy atom. The zero-order chi connectivity index (χ0) is 15.9. The molecule has 0 aliphatic heterocycles. The maximum atomic E-state index is 12.4. The molecule has 1 unspecified atom stereocenters. The van der Waals surface area contributed by atoms with Crippen LogP contribution in [0.4, 0.5) is 5.69 Å². The monoisotopic (exact) mass is 313 g/mol. The highest BCUT2D eigenvalue weighted by atomic mass is 32.2. The number of thioether (sulfide) groups is 1. The number of benzene rings is 2. The van der Waals surface area contributed by atoms with Gasteiger partial charge in [0.15, 0.2) is 0 Å². The molecule has 3 heteroatoms. The van der Waals surface area contributed by atoms with Crippen LogP contribution in [0.3, 0.4) is 0 Å². The van der Waals surface area contributed by atoms with E-state index in [1.807, 2.05) is 49.4 Å². The van der Waals surface area contributed by atoms with E-state index in [9.17, 15) is 4.79 Å². The van der Waals surface area contributed by atoms with Gasteiger partial charge in [0.05, 0.1) is 5.25 Å². The van der Waals surface area contributed by atoms with Gasteiger partial charge in [0.2, 0.25) is 5.91 Å². The van der Waals surface area contributed by atoms with Crippen molar-refractivity contribution in [2.45, 2.75) is 43.3 Å². The van der Waals surface area contributed by atoms with Gasteiger partial charge in [-0.1, -0.05) is 51.1 Å². The number of rotatable bonds is 6. The van der Waals surface area contributed by atoms with Crippen LogP contribution in [0.1, 0.15) is 38.7 Å². The van der Waals surface area contributed by atoms with Crippen LogP contribution >= 0.6 is 11.8 Å². The van der Waals surface area contributed by atoms with Crippen LogP contribution in [0, 0.1) is 0 Å². The molecule has 116 valence electrons. The smallest absolute Gasteiger partial charge is 0.237 e. The van der Waals surface area contributed by atoms with Gasteiger partial charge in [0.25, 0.3) is 0 Å². The van der Waals surface area contributed by atoms with Crippen molar-refractivity contribution >= 4 is 23.4 Å². The highest BCUT2D eigenvalue weighted by Gasteiger charge is 2.17. The van der Waals surface area contributed by atoms with Gasteiger partial charge in [-0.15, -0.1) is 11.8 Å². The average Bonchev–Trinajstić information content (AvgIpc) is 2.54. The summed E-state index contributed by atoms with van der Waals surface area (Å²) in [6, 6.07) is 18.2. The second-order valence-electron chi connectivity index (χ2n) is 5.59. The van der Waals surface area contributed by atoms with Crippen LogP contribution < -0.4 is 5.32 Å². The van der Waals surface area contributed by atoms with E-state index in [4.69, 9.17) is 0 Å². The summed E-state index contributed by atoms with van der Waals surface area (Å²) in [5, 5.41) is 2.94. The molecule has 0 radical (unpaired) electrons. The first-order valence-electron chi connectivity index (χ1n) is 7.72. The summed E-state index contributed by atoms with van der Waals surface area (Å²) >= 11 is 1.61. The van der Waals surface area contributed by atoms with E-state index in [0.29, 0.717) is 5.92 Å². The summed E-state index contributed by atoms with van der Waals surface area (Å²) < 4.78 is 0. The highest BCUT2D eigenvalue weighted by molar-refractivity contribution is 8.00. The average molecular weight is 313 g/mol. The minimum Gasteiger partial charge on any atom is -0.325 e. The third-order valence-electron chi connectivity index (χ3n) is 3.53. The normalized spacial score (nSPS) is 12.2. The fraction of sp³-hybridized carbons (Fsp3) is 0.316. The Balaban J connectivity index is 2.00. The summed E-state index contributed by atoms with van der Waals surface area (Å²) in [5.74, 6) is 0.565. The molecule has 1 amide bonds. The lowest BCUT2D eigenvalue weighted by Crippen LogP contribution is -2.24. The van der Waals surface area contributed by atoms with Crippen molar-refractivity contribution in [3.63, 3.8) is 0 Å². The first-order chi connectivity index (χ1) is 10.6. The van der Waals surface area contributed by atoms with Gasteiger partial charge in [-0.25, -0.2) is 0 Å². The van der Waals surface area contributed by atoms with Crippen molar-refractivity contribution in [3.8, 4) is 0 Å². The number of anilines is 1. The molecule has 1 atom stereocenters. The molecule has 0 aliphatic rings. The molecule has 2 nitrogen and oxygen atoms in total. The molecule has 2 aromatic carbocycles. The van der Waals surface area contributed by atoms with E-state index in [2.05, 4.69) is 31.3 Å². The van der Waals surface area contributed by atoms with Crippen LogP contribution in [0.2, 0.25) is 0 Å². The Kier molecular flexibility index (Phi) is 6.08. The predicted molar refractivity (Wildman–Crippen MR) is 95.5 cm³/mol. The Morgan fingerprint density at radius 1 is 1.05 bits per heavy atom. The van der Waals surface area contributed by atoms with Crippen LogP contribution in [-0.2, 0) is 4.79 Å². The Hall–Kier alpha value is -1.74. The number of carbonyl (C=O) groups excluding carboxylic acids is 1. The zero-order valence-corrected chi connectivity index (χ0v) is 14.2. The van der Waals surface area contributed by atoms with Crippen molar-refractivity contribution in [3.05, 3.63) is 60.2 Å². The lowest BCUT2D eigenvalue weighted by Gasteiger charge is -2.15. The van der Waals surface area contributed by atoms with Crippen LogP contribution in [0.5, 0.6) is 0 Å². The number of hydrogen-bond acceptors (Lipinski definition) is 2. The largest absolute Gasteiger partial charge is 0.325 e. The standard InChI is InChI=1S/C19H23NOS/c1-4-18(22-17-8-6-5-7-9-17)19(21)20-16-12-10-15(11-13-16)14(2)3/h5-14,18H,4H2,1-3H3,(H,20,21). The molecule has 0 aromatic heterocycles.